The Morgan fingerprint density at radius 2 is 1.20 bits per heavy atom. The first-order chi connectivity index (χ1) is 2.00. The zero-order valence-corrected chi connectivity index (χ0v) is 10.1. The zero-order valence-electron chi connectivity index (χ0n) is 4.08. The standard InChI is InChI=1S/CH11NSi3/c2-1(3,4)5/h2H2,3-5H3. The fourth-order valence-corrected chi connectivity index (χ4v) is 0. The van der Waals surface area contributed by atoms with E-state index in [0.717, 1.165) is 0 Å². The quantitative estimate of drug-likeness (QED) is 0.322. The third-order valence-corrected chi connectivity index (χ3v) is 0. The Balaban J connectivity index is 3.02. The summed E-state index contributed by atoms with van der Waals surface area (Å²) in [5.41, 5.74) is 5.54. The molecule has 0 radical (unpaired) electrons. The van der Waals surface area contributed by atoms with E-state index in [4.69, 9.17) is 5.73 Å². The summed E-state index contributed by atoms with van der Waals surface area (Å²) in [7, 11) is 3.63. The lowest BCUT2D eigenvalue weighted by atomic mass is 11.4. The second-order valence-electron chi connectivity index (χ2n) is 2.37. The molecule has 0 aromatic rings. The molecule has 0 saturated carbocycles. The summed E-state index contributed by atoms with van der Waals surface area (Å²) < 4.78 is 0.417. The first-order valence-corrected chi connectivity index (χ1v) is 4.79. The van der Waals surface area contributed by atoms with Crippen molar-refractivity contribution >= 4 is 30.7 Å². The fraction of sp³-hybridized carbons (Fsp3) is 1.00. The van der Waals surface area contributed by atoms with Gasteiger partial charge in [0, 0.05) is 30.7 Å². The van der Waals surface area contributed by atoms with Gasteiger partial charge in [-0.05, 0) is 4.41 Å². The maximum atomic E-state index is 5.54. The molecule has 0 aliphatic heterocycles. The second kappa shape index (κ2) is 1.38. The van der Waals surface area contributed by atoms with Crippen LogP contribution in [0.1, 0.15) is 0 Å². The minimum absolute atomic E-state index is 0.417. The normalized spacial score (nSPS) is 23.4. The first kappa shape index (κ1) is 5.61. The molecule has 32 valence electrons. The van der Waals surface area contributed by atoms with E-state index in [1.807, 2.05) is 0 Å². The van der Waals surface area contributed by atoms with Gasteiger partial charge in [-0.25, -0.2) is 0 Å². The SMILES string of the molecule is NC([SiH3])([SiH3])[SiH3]. The predicted molar refractivity (Wildman–Crippen MR) is 36.7 cm³/mol. The molecule has 0 heterocycles. The van der Waals surface area contributed by atoms with Gasteiger partial charge in [-0.3, -0.25) is 0 Å². The van der Waals surface area contributed by atoms with Crippen LogP contribution in [-0.4, -0.2) is 35.1 Å². The highest BCUT2D eigenvalue weighted by molar-refractivity contribution is 6.58. The largest absolute Gasteiger partial charge is 0.335 e. The molecule has 0 aliphatic carbocycles. The summed E-state index contributed by atoms with van der Waals surface area (Å²) in [5, 5.41) is 0. The monoisotopic (exact) mass is 121 g/mol. The Kier molecular flexibility index (Phi) is 1.54. The van der Waals surface area contributed by atoms with Crippen molar-refractivity contribution in [1.82, 2.24) is 0 Å². The van der Waals surface area contributed by atoms with Crippen molar-refractivity contribution in [2.75, 3.05) is 0 Å². The minimum atomic E-state index is 0.417. The molecule has 5 heavy (non-hydrogen) atoms. The van der Waals surface area contributed by atoms with Gasteiger partial charge in [0.1, 0.15) is 0 Å². The van der Waals surface area contributed by atoms with Crippen LogP contribution in [-0.2, 0) is 0 Å². The van der Waals surface area contributed by atoms with Crippen LogP contribution >= 0.6 is 0 Å². The first-order valence-electron chi connectivity index (χ1n) is 1.79. The van der Waals surface area contributed by atoms with Gasteiger partial charge in [-0.2, -0.15) is 0 Å². The van der Waals surface area contributed by atoms with E-state index in [0.29, 0.717) is 4.41 Å². The molecule has 1 nitrogen and oxygen atoms in total. The molecule has 0 aromatic heterocycles. The van der Waals surface area contributed by atoms with Crippen LogP contribution in [0.3, 0.4) is 0 Å². The van der Waals surface area contributed by atoms with E-state index in [1.165, 1.54) is 30.7 Å². The summed E-state index contributed by atoms with van der Waals surface area (Å²) in [6.07, 6.45) is 0. The van der Waals surface area contributed by atoms with Crippen molar-refractivity contribution in [3.8, 4) is 0 Å². The van der Waals surface area contributed by atoms with Crippen molar-refractivity contribution in [2.24, 2.45) is 5.73 Å². The van der Waals surface area contributed by atoms with E-state index in [9.17, 15) is 0 Å². The van der Waals surface area contributed by atoms with Crippen LogP contribution in [0.4, 0.5) is 0 Å². The number of hydrogen-bond acceptors (Lipinski definition) is 1. The lowest BCUT2D eigenvalue weighted by molar-refractivity contribution is 1.17. The maximum absolute atomic E-state index is 5.54. The molecule has 0 fully saturated rings. The van der Waals surface area contributed by atoms with Crippen molar-refractivity contribution in [3.05, 3.63) is 0 Å². The van der Waals surface area contributed by atoms with Crippen molar-refractivity contribution in [2.45, 2.75) is 4.41 Å². The molecule has 0 amide bonds. The highest BCUT2D eigenvalue weighted by Gasteiger charge is 1.96. The molecule has 0 rings (SSSR count). The van der Waals surface area contributed by atoms with Gasteiger partial charge in [0.25, 0.3) is 0 Å². The summed E-state index contributed by atoms with van der Waals surface area (Å²) >= 11 is 0. The molecule has 0 spiro atoms. The predicted octanol–water partition coefficient (Wildman–Crippen LogP) is -4.35. The van der Waals surface area contributed by atoms with Gasteiger partial charge in [-0.15, -0.1) is 0 Å². The summed E-state index contributed by atoms with van der Waals surface area (Å²) in [6, 6.07) is 0. The van der Waals surface area contributed by atoms with Crippen LogP contribution < -0.4 is 5.73 Å². The van der Waals surface area contributed by atoms with Gasteiger partial charge in [0.15, 0.2) is 0 Å². The van der Waals surface area contributed by atoms with Gasteiger partial charge in [0.05, 0.1) is 0 Å². The Bertz CT molecular complexity index is 22.4. The van der Waals surface area contributed by atoms with E-state index in [1.54, 1.807) is 0 Å². The lowest BCUT2D eigenvalue weighted by Crippen LogP contribution is -2.41. The Morgan fingerprint density at radius 3 is 1.20 bits per heavy atom. The second-order valence-corrected chi connectivity index (χ2v) is 16.1. The van der Waals surface area contributed by atoms with E-state index in [-0.39, 0.29) is 0 Å². The van der Waals surface area contributed by atoms with Gasteiger partial charge < -0.3 is 5.73 Å². The molecule has 2 N–H and O–H groups in total. The Hall–Kier alpha value is 0.611. The highest BCUT2D eigenvalue weighted by atomic mass is 28.3. The van der Waals surface area contributed by atoms with Crippen LogP contribution in [0.2, 0.25) is 0 Å². The van der Waals surface area contributed by atoms with Crippen molar-refractivity contribution in [1.29, 1.82) is 0 Å². The summed E-state index contributed by atoms with van der Waals surface area (Å²) in [5.74, 6) is 0. The molecule has 0 aromatic carbocycles. The topological polar surface area (TPSA) is 26.0 Å². The average molecular weight is 121 g/mol. The third kappa shape index (κ3) is 84.3. The third-order valence-electron chi connectivity index (χ3n) is 0. The number of hydrogen-bond donors (Lipinski definition) is 1. The van der Waals surface area contributed by atoms with Gasteiger partial charge in [-0.1, -0.05) is 0 Å². The lowest BCUT2D eigenvalue weighted by Gasteiger charge is -2.06. The van der Waals surface area contributed by atoms with E-state index < -0.39 is 0 Å². The zero-order chi connectivity index (χ0) is 4.50. The Labute approximate surface area is 41.6 Å². The highest BCUT2D eigenvalue weighted by Crippen LogP contribution is 1.65. The van der Waals surface area contributed by atoms with Gasteiger partial charge in [0.2, 0.25) is 0 Å². The van der Waals surface area contributed by atoms with E-state index >= 15 is 0 Å². The summed E-state index contributed by atoms with van der Waals surface area (Å²) in [6.45, 7) is 0. The molecule has 0 bridgehead atoms. The smallest absolute Gasteiger partial charge is 0.0180 e. The minimum Gasteiger partial charge on any atom is -0.335 e. The average Bonchev–Trinajstić information content (AvgIpc) is 0.722. The fourth-order valence-electron chi connectivity index (χ4n) is 0. The van der Waals surface area contributed by atoms with Crippen molar-refractivity contribution in [3.63, 3.8) is 0 Å². The van der Waals surface area contributed by atoms with Crippen LogP contribution in [0.15, 0.2) is 0 Å². The molecule has 4 heteroatoms. The summed E-state index contributed by atoms with van der Waals surface area (Å²) in [4.78, 5) is 0. The van der Waals surface area contributed by atoms with Crippen LogP contribution in [0.25, 0.3) is 0 Å². The Morgan fingerprint density at radius 1 is 1.20 bits per heavy atom. The van der Waals surface area contributed by atoms with Gasteiger partial charge >= 0.3 is 0 Å². The molecular formula is CH11NSi3. The van der Waals surface area contributed by atoms with Crippen LogP contribution in [0, 0.1) is 0 Å². The molecule has 0 atom stereocenters. The molecule has 0 aliphatic rings. The van der Waals surface area contributed by atoms with Crippen molar-refractivity contribution < 1.29 is 0 Å². The molecule has 0 unspecified atom stereocenters. The molecular weight excluding hydrogens is 110 g/mol. The number of rotatable bonds is 0. The maximum Gasteiger partial charge on any atom is 0.0180 e. The van der Waals surface area contributed by atoms with Crippen LogP contribution in [0.5, 0.6) is 0 Å². The van der Waals surface area contributed by atoms with E-state index in [2.05, 4.69) is 0 Å². The molecule has 0 saturated heterocycles. The number of nitrogens with two attached hydrogens (primary N) is 1.